The van der Waals surface area contributed by atoms with Crippen LogP contribution in [0.25, 0.3) is 0 Å². The molecule has 0 bridgehead atoms. The van der Waals surface area contributed by atoms with E-state index in [1.165, 1.54) is 6.26 Å². The molecule has 0 aromatic carbocycles. The molecule has 6 nitrogen and oxygen atoms in total. The largest absolute Gasteiger partial charge is 0.468 e. The van der Waals surface area contributed by atoms with Gasteiger partial charge in [0.2, 0.25) is 10.0 Å². The van der Waals surface area contributed by atoms with E-state index in [0.717, 1.165) is 18.6 Å². The lowest BCUT2D eigenvalue weighted by Gasteiger charge is -2.32. The van der Waals surface area contributed by atoms with Crippen molar-refractivity contribution in [1.29, 1.82) is 0 Å². The first-order valence-corrected chi connectivity index (χ1v) is 8.77. The van der Waals surface area contributed by atoms with Crippen LogP contribution in [0.5, 0.6) is 0 Å². The maximum absolute atomic E-state index is 11.5. The first kappa shape index (κ1) is 14.1. The fourth-order valence-electron chi connectivity index (χ4n) is 3.22. The molecule has 0 radical (unpaired) electrons. The number of nitrogens with zero attached hydrogens (tertiary/aromatic N) is 1. The molecule has 1 N–H and O–H groups in total. The van der Waals surface area contributed by atoms with Crippen LogP contribution in [0.4, 0.5) is 0 Å². The minimum atomic E-state index is -3.22. The Hall–Kier alpha value is -0.890. The van der Waals surface area contributed by atoms with E-state index < -0.39 is 10.0 Å². The van der Waals surface area contributed by atoms with Crippen molar-refractivity contribution in [1.82, 2.24) is 9.62 Å². The Bertz CT molecular complexity index is 543. The summed E-state index contributed by atoms with van der Waals surface area (Å²) in [5, 5.41) is 0. The lowest BCUT2D eigenvalue weighted by atomic mass is 10.0. The van der Waals surface area contributed by atoms with Gasteiger partial charge in [0.15, 0.2) is 0 Å². The highest BCUT2D eigenvalue weighted by Crippen LogP contribution is 2.30. The van der Waals surface area contributed by atoms with Gasteiger partial charge in [-0.3, -0.25) is 4.90 Å². The molecule has 3 atom stereocenters. The summed E-state index contributed by atoms with van der Waals surface area (Å²) in [5.74, 6) is 0.898. The van der Waals surface area contributed by atoms with E-state index in [1.54, 1.807) is 6.26 Å². The van der Waals surface area contributed by atoms with Crippen LogP contribution >= 0.6 is 0 Å². The number of fused-ring (bicyclic) bond motifs is 1. The molecule has 2 aliphatic rings. The average Bonchev–Trinajstić information content (AvgIpc) is 2.98. The molecule has 2 aliphatic heterocycles. The second-order valence-electron chi connectivity index (χ2n) is 5.55. The Morgan fingerprint density at radius 1 is 1.50 bits per heavy atom. The molecule has 0 aliphatic carbocycles. The minimum absolute atomic E-state index is 0.0616. The number of rotatable bonds is 4. The highest BCUT2D eigenvalue weighted by Gasteiger charge is 2.45. The fourth-order valence-corrected chi connectivity index (χ4v) is 3.98. The van der Waals surface area contributed by atoms with Crippen LogP contribution in [0, 0.1) is 0 Å². The summed E-state index contributed by atoms with van der Waals surface area (Å²) in [5.41, 5.74) is 0. The van der Waals surface area contributed by atoms with Gasteiger partial charge in [-0.05, 0) is 25.0 Å². The molecule has 3 rings (SSSR count). The van der Waals surface area contributed by atoms with Crippen molar-refractivity contribution in [2.75, 3.05) is 19.4 Å². The maximum atomic E-state index is 11.5. The van der Waals surface area contributed by atoms with Crippen molar-refractivity contribution in [2.45, 2.75) is 37.6 Å². The van der Waals surface area contributed by atoms with Crippen LogP contribution in [0.2, 0.25) is 0 Å². The molecular weight excluding hydrogens is 280 g/mol. The van der Waals surface area contributed by atoms with Crippen LogP contribution in [-0.2, 0) is 21.3 Å². The van der Waals surface area contributed by atoms with E-state index in [2.05, 4.69) is 9.62 Å². The third-order valence-electron chi connectivity index (χ3n) is 3.94. The topological polar surface area (TPSA) is 71.8 Å². The van der Waals surface area contributed by atoms with Gasteiger partial charge in [0, 0.05) is 19.2 Å². The van der Waals surface area contributed by atoms with E-state index >= 15 is 0 Å². The Morgan fingerprint density at radius 3 is 3.05 bits per heavy atom. The zero-order valence-electron chi connectivity index (χ0n) is 11.5. The molecule has 112 valence electrons. The zero-order chi connectivity index (χ0) is 14.2. The lowest BCUT2D eigenvalue weighted by Crippen LogP contribution is -2.47. The smallest absolute Gasteiger partial charge is 0.209 e. The number of ether oxygens (including phenoxy) is 1. The highest BCUT2D eigenvalue weighted by atomic mass is 32.2. The van der Waals surface area contributed by atoms with Crippen molar-refractivity contribution in [3.05, 3.63) is 24.2 Å². The minimum Gasteiger partial charge on any atom is -0.468 e. The van der Waals surface area contributed by atoms with Crippen molar-refractivity contribution in [3.8, 4) is 0 Å². The molecule has 0 spiro atoms. The summed E-state index contributed by atoms with van der Waals surface area (Å²) in [6, 6.07) is 3.89. The van der Waals surface area contributed by atoms with E-state index in [0.29, 0.717) is 19.7 Å². The van der Waals surface area contributed by atoms with E-state index in [4.69, 9.17) is 9.15 Å². The standard InChI is InChI=1S/C13H20N2O4S/c1-20(16,17)14-11-9-15(8-10-4-2-6-18-10)12-5-3-7-19-13(11)12/h2,4,6,11-14H,3,5,7-9H2,1H3/t11-,12-,13-/m1/s1. The molecule has 2 saturated heterocycles. The monoisotopic (exact) mass is 300 g/mol. The van der Waals surface area contributed by atoms with E-state index in [9.17, 15) is 8.42 Å². The molecule has 2 fully saturated rings. The normalized spacial score (nSPS) is 31.4. The van der Waals surface area contributed by atoms with Gasteiger partial charge in [0.25, 0.3) is 0 Å². The number of sulfonamides is 1. The average molecular weight is 300 g/mol. The van der Waals surface area contributed by atoms with Gasteiger partial charge in [-0.2, -0.15) is 0 Å². The summed E-state index contributed by atoms with van der Waals surface area (Å²) in [4.78, 5) is 2.26. The quantitative estimate of drug-likeness (QED) is 0.880. The Kier molecular flexibility index (Phi) is 3.85. The third kappa shape index (κ3) is 3.06. The third-order valence-corrected chi connectivity index (χ3v) is 4.67. The van der Waals surface area contributed by atoms with Gasteiger partial charge >= 0.3 is 0 Å². The van der Waals surface area contributed by atoms with Crippen LogP contribution in [0.3, 0.4) is 0 Å². The molecule has 7 heteroatoms. The number of nitrogens with one attached hydrogen (secondary N) is 1. The first-order chi connectivity index (χ1) is 9.53. The van der Waals surface area contributed by atoms with Crippen LogP contribution in [-0.4, -0.2) is 50.9 Å². The zero-order valence-corrected chi connectivity index (χ0v) is 12.3. The molecule has 1 aromatic rings. The Morgan fingerprint density at radius 2 is 2.35 bits per heavy atom. The molecule has 0 amide bonds. The van der Waals surface area contributed by atoms with Gasteiger partial charge < -0.3 is 9.15 Å². The summed E-state index contributed by atoms with van der Waals surface area (Å²) in [6.45, 7) is 2.06. The number of hydrogen-bond donors (Lipinski definition) is 1. The predicted octanol–water partition coefficient (Wildman–Crippen LogP) is 0.561. The number of hydrogen-bond acceptors (Lipinski definition) is 5. The molecule has 0 unspecified atom stereocenters. The Balaban J connectivity index is 1.74. The van der Waals surface area contributed by atoms with Gasteiger partial charge in [-0.15, -0.1) is 0 Å². The molecule has 3 heterocycles. The van der Waals surface area contributed by atoms with E-state index in [-0.39, 0.29) is 18.2 Å². The van der Waals surface area contributed by atoms with Crippen molar-refractivity contribution in [3.63, 3.8) is 0 Å². The predicted molar refractivity (Wildman–Crippen MR) is 73.6 cm³/mol. The Labute approximate surface area is 119 Å². The van der Waals surface area contributed by atoms with Crippen LogP contribution in [0.15, 0.2) is 22.8 Å². The lowest BCUT2D eigenvalue weighted by molar-refractivity contribution is -0.0201. The second kappa shape index (κ2) is 5.48. The number of furan rings is 1. The first-order valence-electron chi connectivity index (χ1n) is 6.88. The molecular formula is C13H20N2O4S. The van der Waals surface area contributed by atoms with Crippen LogP contribution < -0.4 is 4.72 Å². The van der Waals surface area contributed by atoms with Crippen molar-refractivity contribution < 1.29 is 17.6 Å². The summed E-state index contributed by atoms with van der Waals surface area (Å²) in [6.07, 6.45) is 4.84. The SMILES string of the molecule is CS(=O)(=O)N[C@@H]1CN(Cc2ccco2)[C@@H]2CCCO[C@@H]21. The molecule has 1 aromatic heterocycles. The summed E-state index contributed by atoms with van der Waals surface area (Å²) < 4.78 is 36.9. The highest BCUT2D eigenvalue weighted by molar-refractivity contribution is 7.88. The number of likely N-dealkylation sites (tertiary alicyclic amines) is 1. The maximum Gasteiger partial charge on any atom is 0.209 e. The second-order valence-corrected chi connectivity index (χ2v) is 7.33. The van der Waals surface area contributed by atoms with E-state index in [1.807, 2.05) is 12.1 Å². The fraction of sp³-hybridized carbons (Fsp3) is 0.692. The molecule has 20 heavy (non-hydrogen) atoms. The summed E-state index contributed by atoms with van der Waals surface area (Å²) >= 11 is 0. The van der Waals surface area contributed by atoms with Crippen molar-refractivity contribution >= 4 is 10.0 Å². The van der Waals surface area contributed by atoms with Gasteiger partial charge in [-0.25, -0.2) is 13.1 Å². The summed E-state index contributed by atoms with van der Waals surface area (Å²) in [7, 11) is -3.22. The van der Waals surface area contributed by atoms with Crippen molar-refractivity contribution in [2.24, 2.45) is 0 Å². The van der Waals surface area contributed by atoms with Gasteiger partial charge in [0.05, 0.1) is 31.2 Å². The van der Waals surface area contributed by atoms with Crippen LogP contribution in [0.1, 0.15) is 18.6 Å². The molecule has 0 saturated carbocycles. The van der Waals surface area contributed by atoms with Gasteiger partial charge in [-0.1, -0.05) is 0 Å². The van der Waals surface area contributed by atoms with Gasteiger partial charge in [0.1, 0.15) is 5.76 Å².